The van der Waals surface area contributed by atoms with E-state index in [0.717, 1.165) is 31.4 Å². The highest BCUT2D eigenvalue weighted by molar-refractivity contribution is 7.80. The molecule has 0 heterocycles. The van der Waals surface area contributed by atoms with Gasteiger partial charge in [-0.15, -0.1) is 0 Å². The average molecular weight is 308 g/mol. The minimum Gasteiger partial charge on any atom is -0.487 e. The van der Waals surface area contributed by atoms with E-state index < -0.39 is 0 Å². The van der Waals surface area contributed by atoms with Gasteiger partial charge >= 0.3 is 0 Å². The molecule has 0 saturated heterocycles. The lowest BCUT2D eigenvalue weighted by molar-refractivity contribution is -0.120. The topological polar surface area (TPSA) is 64.3 Å². The molecule has 5 heteroatoms. The van der Waals surface area contributed by atoms with Crippen LogP contribution in [0, 0.1) is 5.92 Å². The summed E-state index contributed by atoms with van der Waals surface area (Å²) in [6, 6.07) is 7.23. The first kappa shape index (κ1) is 17.4. The quantitative estimate of drug-likeness (QED) is 0.685. The highest BCUT2D eigenvalue weighted by atomic mass is 32.1. The van der Waals surface area contributed by atoms with E-state index in [4.69, 9.17) is 22.7 Å². The summed E-state index contributed by atoms with van der Waals surface area (Å²) < 4.78 is 5.37. The monoisotopic (exact) mass is 308 g/mol. The van der Waals surface area contributed by atoms with E-state index in [2.05, 4.69) is 19.2 Å². The van der Waals surface area contributed by atoms with Crippen LogP contribution in [0.2, 0.25) is 0 Å². The maximum Gasteiger partial charge on any atom is 0.227 e. The Balaban J connectivity index is 2.57. The molecule has 0 aliphatic rings. The zero-order valence-corrected chi connectivity index (χ0v) is 13.5. The van der Waals surface area contributed by atoms with Gasteiger partial charge in [-0.3, -0.25) is 4.79 Å². The lowest BCUT2D eigenvalue weighted by Crippen LogP contribution is -2.22. The minimum absolute atomic E-state index is 0.0885. The molecule has 0 fully saturated rings. The summed E-state index contributed by atoms with van der Waals surface area (Å²) in [6.07, 6.45) is 3.89. The number of carbonyl (C=O) groups excluding carboxylic acids is 1. The number of ether oxygens (including phenoxy) is 1. The lowest BCUT2D eigenvalue weighted by atomic mass is 9.97. The van der Waals surface area contributed by atoms with Gasteiger partial charge in [-0.25, -0.2) is 0 Å². The molecule has 4 nitrogen and oxygen atoms in total. The zero-order chi connectivity index (χ0) is 15.7. The van der Waals surface area contributed by atoms with Crippen LogP contribution in [-0.4, -0.2) is 17.5 Å². The van der Waals surface area contributed by atoms with Crippen molar-refractivity contribution in [2.45, 2.75) is 39.5 Å². The first-order valence-electron chi connectivity index (χ1n) is 7.38. The Morgan fingerprint density at radius 2 is 1.81 bits per heavy atom. The van der Waals surface area contributed by atoms with Gasteiger partial charge in [-0.05, 0) is 37.1 Å². The Labute approximate surface area is 132 Å². The Bertz CT molecular complexity index is 454. The van der Waals surface area contributed by atoms with Gasteiger partial charge in [0.25, 0.3) is 0 Å². The van der Waals surface area contributed by atoms with Crippen LogP contribution in [0.1, 0.15) is 39.5 Å². The largest absolute Gasteiger partial charge is 0.487 e. The SMILES string of the molecule is CCCC(CCC)C(=O)Nc1ccc(OCC(N)=S)cc1. The molecule has 3 N–H and O–H groups in total. The van der Waals surface area contributed by atoms with Gasteiger partial charge < -0.3 is 15.8 Å². The second-order valence-corrected chi connectivity index (χ2v) is 5.57. The number of hydrogen-bond donors (Lipinski definition) is 2. The zero-order valence-electron chi connectivity index (χ0n) is 12.7. The fourth-order valence-corrected chi connectivity index (χ4v) is 2.20. The fraction of sp³-hybridized carbons (Fsp3) is 0.500. The molecule has 0 radical (unpaired) electrons. The van der Waals surface area contributed by atoms with E-state index in [9.17, 15) is 4.79 Å². The number of nitrogens with two attached hydrogens (primary N) is 1. The highest BCUT2D eigenvalue weighted by Gasteiger charge is 2.16. The first-order chi connectivity index (χ1) is 10.1. The van der Waals surface area contributed by atoms with Crippen molar-refractivity contribution in [3.8, 4) is 5.75 Å². The first-order valence-corrected chi connectivity index (χ1v) is 7.79. The molecule has 0 aromatic heterocycles. The van der Waals surface area contributed by atoms with E-state index in [1.54, 1.807) is 12.1 Å². The van der Waals surface area contributed by atoms with Gasteiger partial charge in [0.2, 0.25) is 5.91 Å². The van der Waals surface area contributed by atoms with Gasteiger partial charge in [0.1, 0.15) is 17.3 Å². The second kappa shape index (κ2) is 9.34. The molecule has 21 heavy (non-hydrogen) atoms. The molecule has 1 amide bonds. The number of hydrogen-bond acceptors (Lipinski definition) is 3. The molecule has 0 aliphatic carbocycles. The van der Waals surface area contributed by atoms with Crippen molar-refractivity contribution in [2.75, 3.05) is 11.9 Å². The fourth-order valence-electron chi connectivity index (χ4n) is 2.14. The van der Waals surface area contributed by atoms with E-state index in [0.29, 0.717) is 10.7 Å². The number of anilines is 1. The smallest absolute Gasteiger partial charge is 0.227 e. The van der Waals surface area contributed by atoms with Crippen molar-refractivity contribution in [2.24, 2.45) is 11.7 Å². The molecule has 1 aromatic carbocycles. The average Bonchev–Trinajstić information content (AvgIpc) is 2.46. The molecule has 0 atom stereocenters. The summed E-state index contributed by atoms with van der Waals surface area (Å²) in [5, 5.41) is 2.96. The van der Waals surface area contributed by atoms with Crippen molar-refractivity contribution < 1.29 is 9.53 Å². The van der Waals surface area contributed by atoms with Crippen LogP contribution in [0.15, 0.2) is 24.3 Å². The van der Waals surface area contributed by atoms with Crippen LogP contribution in [0.25, 0.3) is 0 Å². The molecule has 0 unspecified atom stereocenters. The molecule has 1 rings (SSSR count). The third-order valence-electron chi connectivity index (χ3n) is 3.15. The van der Waals surface area contributed by atoms with Crippen LogP contribution in [-0.2, 0) is 4.79 Å². The summed E-state index contributed by atoms with van der Waals surface area (Å²) in [5.74, 6) is 0.862. The summed E-state index contributed by atoms with van der Waals surface area (Å²) in [7, 11) is 0. The summed E-state index contributed by atoms with van der Waals surface area (Å²) in [4.78, 5) is 12.5. The number of carbonyl (C=O) groups is 1. The molecule has 0 spiro atoms. The molecule has 0 bridgehead atoms. The van der Waals surface area contributed by atoms with Gasteiger partial charge in [0, 0.05) is 11.6 Å². The van der Waals surface area contributed by atoms with Crippen molar-refractivity contribution in [1.82, 2.24) is 0 Å². The third-order valence-corrected chi connectivity index (χ3v) is 3.27. The minimum atomic E-state index is 0.0885. The van der Waals surface area contributed by atoms with E-state index >= 15 is 0 Å². The van der Waals surface area contributed by atoms with Crippen LogP contribution in [0.3, 0.4) is 0 Å². The van der Waals surface area contributed by atoms with Gasteiger partial charge in [-0.1, -0.05) is 38.9 Å². The Morgan fingerprint density at radius 1 is 1.24 bits per heavy atom. The maximum absolute atomic E-state index is 12.2. The Morgan fingerprint density at radius 3 is 2.29 bits per heavy atom. The van der Waals surface area contributed by atoms with Crippen LogP contribution < -0.4 is 15.8 Å². The van der Waals surface area contributed by atoms with E-state index in [-0.39, 0.29) is 18.4 Å². The molecule has 1 aromatic rings. The Kier molecular flexibility index (Phi) is 7.75. The molecule has 116 valence electrons. The molecule has 0 saturated carbocycles. The third kappa shape index (κ3) is 6.58. The highest BCUT2D eigenvalue weighted by Crippen LogP contribution is 2.19. The predicted molar refractivity (Wildman–Crippen MR) is 90.7 cm³/mol. The molecular formula is C16H24N2O2S. The standard InChI is InChI=1S/C16H24N2O2S/c1-3-5-12(6-4-2)16(19)18-13-7-9-14(10-8-13)20-11-15(17)21/h7-10,12H,3-6,11H2,1-2H3,(H2,17,21)(H,18,19). The Hall–Kier alpha value is -1.62. The number of benzene rings is 1. The van der Waals surface area contributed by atoms with Crippen LogP contribution in [0.5, 0.6) is 5.75 Å². The molecular weight excluding hydrogens is 284 g/mol. The van der Waals surface area contributed by atoms with Gasteiger partial charge in [-0.2, -0.15) is 0 Å². The molecule has 0 aliphatic heterocycles. The summed E-state index contributed by atoms with van der Waals surface area (Å²) in [6.45, 7) is 4.42. The lowest BCUT2D eigenvalue weighted by Gasteiger charge is -2.15. The number of amides is 1. The van der Waals surface area contributed by atoms with E-state index in [1.807, 2.05) is 12.1 Å². The van der Waals surface area contributed by atoms with Gasteiger partial charge in [0.15, 0.2) is 0 Å². The van der Waals surface area contributed by atoms with Crippen molar-refractivity contribution in [1.29, 1.82) is 0 Å². The number of nitrogens with one attached hydrogen (secondary N) is 1. The maximum atomic E-state index is 12.2. The normalized spacial score (nSPS) is 10.4. The van der Waals surface area contributed by atoms with Crippen LogP contribution in [0.4, 0.5) is 5.69 Å². The number of thiocarbonyl (C=S) groups is 1. The van der Waals surface area contributed by atoms with Crippen LogP contribution >= 0.6 is 12.2 Å². The summed E-state index contributed by atoms with van der Waals surface area (Å²) in [5.41, 5.74) is 6.15. The van der Waals surface area contributed by atoms with Crippen molar-refractivity contribution in [3.63, 3.8) is 0 Å². The van der Waals surface area contributed by atoms with Gasteiger partial charge in [0.05, 0.1) is 0 Å². The van der Waals surface area contributed by atoms with E-state index in [1.165, 1.54) is 0 Å². The predicted octanol–water partition coefficient (Wildman–Crippen LogP) is 3.51. The second-order valence-electron chi connectivity index (χ2n) is 5.04. The van der Waals surface area contributed by atoms with Crippen molar-refractivity contribution in [3.05, 3.63) is 24.3 Å². The number of rotatable bonds is 9. The van der Waals surface area contributed by atoms with Crippen molar-refractivity contribution >= 4 is 28.8 Å². The summed E-state index contributed by atoms with van der Waals surface area (Å²) >= 11 is 4.75.